The van der Waals surface area contributed by atoms with Crippen LogP contribution in [0.2, 0.25) is 0 Å². The van der Waals surface area contributed by atoms with E-state index in [9.17, 15) is 4.79 Å². The minimum Gasteiger partial charge on any atom is -0.444 e. The molecule has 0 fully saturated rings. The van der Waals surface area contributed by atoms with E-state index < -0.39 is 0 Å². The highest BCUT2D eigenvalue weighted by atomic mass is 79.9. The monoisotopic (exact) mass is 306 g/mol. The summed E-state index contributed by atoms with van der Waals surface area (Å²) in [5, 5.41) is 4.02. The maximum absolute atomic E-state index is 11.7. The summed E-state index contributed by atoms with van der Waals surface area (Å²) in [6.07, 6.45) is 0. The summed E-state index contributed by atoms with van der Waals surface area (Å²) >= 11 is 3.13. The number of rotatable bonds is 3. The molecule has 2 aromatic rings. The predicted octanol–water partition coefficient (Wildman–Crippen LogP) is 3.20. The van der Waals surface area contributed by atoms with Crippen LogP contribution in [0.1, 0.15) is 23.0 Å². The third kappa shape index (κ3) is 3.07. The number of carbonyl (C=O) groups is 1. The lowest BCUT2D eigenvalue weighted by Crippen LogP contribution is -2.18. The van der Waals surface area contributed by atoms with Gasteiger partial charge in [-0.1, -0.05) is 30.3 Å². The van der Waals surface area contributed by atoms with Gasteiger partial charge in [-0.25, -0.2) is 5.43 Å². The summed E-state index contributed by atoms with van der Waals surface area (Å²) < 4.78 is 5.63. The summed E-state index contributed by atoms with van der Waals surface area (Å²) in [4.78, 5) is 11.7. The molecule has 92 valence electrons. The van der Waals surface area contributed by atoms with E-state index in [1.807, 2.05) is 37.3 Å². The molecule has 0 aliphatic carbocycles. The summed E-state index contributed by atoms with van der Waals surface area (Å²) in [7, 11) is 0. The Labute approximate surface area is 113 Å². The molecule has 2 rings (SSSR count). The van der Waals surface area contributed by atoms with Gasteiger partial charge in [-0.2, -0.15) is 5.10 Å². The molecule has 1 amide bonds. The van der Waals surface area contributed by atoms with Crippen molar-refractivity contribution in [1.29, 1.82) is 0 Å². The first-order chi connectivity index (χ1) is 8.66. The average molecular weight is 307 g/mol. The van der Waals surface area contributed by atoms with Crippen LogP contribution >= 0.6 is 15.9 Å². The van der Waals surface area contributed by atoms with E-state index in [0.29, 0.717) is 4.67 Å². The number of amides is 1. The van der Waals surface area contributed by atoms with Crippen molar-refractivity contribution in [1.82, 2.24) is 5.43 Å². The van der Waals surface area contributed by atoms with Crippen LogP contribution in [0.5, 0.6) is 0 Å². The van der Waals surface area contributed by atoms with Gasteiger partial charge in [-0.15, -0.1) is 0 Å². The number of hydrogen-bond donors (Lipinski definition) is 1. The number of carbonyl (C=O) groups excluding carboxylic acids is 1. The number of nitrogens with zero attached hydrogens (tertiary/aromatic N) is 1. The van der Waals surface area contributed by atoms with E-state index in [1.54, 1.807) is 12.1 Å². The zero-order chi connectivity index (χ0) is 13.0. The van der Waals surface area contributed by atoms with E-state index in [4.69, 9.17) is 4.42 Å². The quantitative estimate of drug-likeness (QED) is 0.699. The summed E-state index contributed by atoms with van der Waals surface area (Å²) in [6, 6.07) is 12.8. The van der Waals surface area contributed by atoms with E-state index >= 15 is 0 Å². The summed E-state index contributed by atoms with van der Waals surface area (Å²) in [5.41, 5.74) is 4.13. The third-order valence-corrected chi connectivity index (χ3v) is 2.74. The van der Waals surface area contributed by atoms with Gasteiger partial charge in [0.2, 0.25) is 0 Å². The molecule has 0 radical (unpaired) electrons. The fourth-order valence-corrected chi connectivity index (χ4v) is 1.68. The van der Waals surface area contributed by atoms with Crippen LogP contribution < -0.4 is 5.43 Å². The molecule has 4 nitrogen and oxygen atoms in total. The molecule has 1 heterocycles. The van der Waals surface area contributed by atoms with E-state index in [2.05, 4.69) is 26.5 Å². The Morgan fingerprint density at radius 1 is 1.22 bits per heavy atom. The lowest BCUT2D eigenvalue weighted by Gasteiger charge is -2.00. The van der Waals surface area contributed by atoms with Crippen LogP contribution in [0, 0.1) is 0 Å². The lowest BCUT2D eigenvalue weighted by atomic mass is 10.1. The van der Waals surface area contributed by atoms with E-state index in [1.165, 1.54) is 0 Å². The van der Waals surface area contributed by atoms with Gasteiger partial charge in [0.1, 0.15) is 0 Å². The first-order valence-electron chi connectivity index (χ1n) is 5.32. The fourth-order valence-electron chi connectivity index (χ4n) is 1.37. The second kappa shape index (κ2) is 5.64. The predicted molar refractivity (Wildman–Crippen MR) is 72.5 cm³/mol. The van der Waals surface area contributed by atoms with Crippen LogP contribution in [0.25, 0.3) is 0 Å². The van der Waals surface area contributed by atoms with Crippen molar-refractivity contribution < 1.29 is 9.21 Å². The van der Waals surface area contributed by atoms with Gasteiger partial charge in [0.15, 0.2) is 10.4 Å². The molecule has 0 bridgehead atoms. The van der Waals surface area contributed by atoms with E-state index in [-0.39, 0.29) is 11.7 Å². The number of furan rings is 1. The average Bonchev–Trinajstić information content (AvgIpc) is 2.83. The SMILES string of the molecule is CC(=NNC(=O)c1ccc(Br)o1)c1ccccc1. The van der Waals surface area contributed by atoms with Crippen molar-refractivity contribution in [3.63, 3.8) is 0 Å². The highest BCUT2D eigenvalue weighted by molar-refractivity contribution is 9.10. The number of hydrazone groups is 1. The van der Waals surface area contributed by atoms with Crippen LogP contribution in [0.15, 0.2) is 56.7 Å². The third-order valence-electron chi connectivity index (χ3n) is 2.31. The highest BCUT2D eigenvalue weighted by Crippen LogP contribution is 2.13. The molecule has 0 unspecified atom stereocenters. The molecule has 0 saturated carbocycles. The Bertz CT molecular complexity index is 576. The van der Waals surface area contributed by atoms with Crippen LogP contribution in [0.4, 0.5) is 0 Å². The Kier molecular flexibility index (Phi) is 3.94. The fraction of sp³-hybridized carbons (Fsp3) is 0.0769. The molecule has 1 aromatic heterocycles. The largest absolute Gasteiger partial charge is 0.444 e. The highest BCUT2D eigenvalue weighted by Gasteiger charge is 2.09. The number of hydrogen-bond acceptors (Lipinski definition) is 3. The first kappa shape index (κ1) is 12.6. The van der Waals surface area contributed by atoms with Gasteiger partial charge < -0.3 is 4.42 Å². The van der Waals surface area contributed by atoms with Gasteiger partial charge in [0.05, 0.1) is 5.71 Å². The van der Waals surface area contributed by atoms with Crippen LogP contribution in [-0.2, 0) is 0 Å². The second-order valence-corrected chi connectivity index (χ2v) is 4.39. The molecule has 0 saturated heterocycles. The summed E-state index contributed by atoms with van der Waals surface area (Å²) in [6.45, 7) is 1.83. The minimum atomic E-state index is -0.379. The molecular formula is C13H11BrN2O2. The molecular weight excluding hydrogens is 296 g/mol. The number of nitrogens with one attached hydrogen (secondary N) is 1. The molecule has 0 aliphatic rings. The molecule has 0 aliphatic heterocycles. The minimum absolute atomic E-state index is 0.214. The van der Waals surface area contributed by atoms with Crippen molar-refractivity contribution >= 4 is 27.5 Å². The van der Waals surface area contributed by atoms with E-state index in [0.717, 1.165) is 11.3 Å². The Morgan fingerprint density at radius 3 is 2.56 bits per heavy atom. The smallest absolute Gasteiger partial charge is 0.307 e. The first-order valence-corrected chi connectivity index (χ1v) is 6.11. The maximum atomic E-state index is 11.7. The molecule has 1 N–H and O–H groups in total. The van der Waals surface area contributed by atoms with Gasteiger partial charge >= 0.3 is 5.91 Å². The topological polar surface area (TPSA) is 54.6 Å². The normalized spacial score (nSPS) is 11.3. The van der Waals surface area contributed by atoms with Crippen molar-refractivity contribution in [2.45, 2.75) is 6.92 Å². The van der Waals surface area contributed by atoms with Crippen LogP contribution in [-0.4, -0.2) is 11.6 Å². The zero-order valence-electron chi connectivity index (χ0n) is 9.68. The maximum Gasteiger partial charge on any atom is 0.307 e. The van der Waals surface area contributed by atoms with Crippen molar-refractivity contribution in [2.75, 3.05) is 0 Å². The number of benzene rings is 1. The Balaban J connectivity index is 2.05. The Morgan fingerprint density at radius 2 is 1.94 bits per heavy atom. The molecule has 18 heavy (non-hydrogen) atoms. The number of halogens is 1. The van der Waals surface area contributed by atoms with Crippen molar-refractivity contribution in [3.05, 3.63) is 58.5 Å². The molecule has 0 spiro atoms. The second-order valence-electron chi connectivity index (χ2n) is 3.61. The molecule has 1 aromatic carbocycles. The molecule has 5 heteroatoms. The van der Waals surface area contributed by atoms with Crippen molar-refractivity contribution in [2.24, 2.45) is 5.10 Å². The van der Waals surface area contributed by atoms with Gasteiger partial charge in [0.25, 0.3) is 0 Å². The van der Waals surface area contributed by atoms with Gasteiger partial charge in [-0.3, -0.25) is 4.79 Å². The summed E-state index contributed by atoms with van der Waals surface area (Å²) in [5.74, 6) is -0.164. The van der Waals surface area contributed by atoms with Crippen LogP contribution in [0.3, 0.4) is 0 Å². The lowest BCUT2D eigenvalue weighted by molar-refractivity contribution is 0.0926. The zero-order valence-corrected chi connectivity index (χ0v) is 11.3. The standard InChI is InChI=1S/C13H11BrN2O2/c1-9(10-5-3-2-4-6-10)15-16-13(17)11-7-8-12(14)18-11/h2-8H,1H3,(H,16,17). The Hall–Kier alpha value is -1.88. The van der Waals surface area contributed by atoms with Gasteiger partial charge in [-0.05, 0) is 40.5 Å². The van der Waals surface area contributed by atoms with Gasteiger partial charge in [0, 0.05) is 0 Å². The molecule has 0 atom stereocenters. The van der Waals surface area contributed by atoms with Crippen molar-refractivity contribution in [3.8, 4) is 0 Å².